The summed E-state index contributed by atoms with van der Waals surface area (Å²) in [5.74, 6) is -0.187. The number of benzene rings is 1. The van der Waals surface area contributed by atoms with Gasteiger partial charge in [-0.1, -0.05) is 6.07 Å². The average Bonchev–Trinajstić information content (AvgIpc) is 3.29. The highest BCUT2D eigenvalue weighted by atomic mass is 32.2. The normalized spacial score (nSPS) is 19.4. The molecule has 2 fully saturated rings. The van der Waals surface area contributed by atoms with Gasteiger partial charge in [0.2, 0.25) is 0 Å². The van der Waals surface area contributed by atoms with Crippen molar-refractivity contribution in [2.75, 3.05) is 42.3 Å². The first-order valence-corrected chi connectivity index (χ1v) is 13.4. The summed E-state index contributed by atoms with van der Waals surface area (Å²) < 4.78 is 29.4. The summed E-state index contributed by atoms with van der Waals surface area (Å²) in [7, 11) is -3.94. The lowest BCUT2D eigenvalue weighted by molar-refractivity contribution is 0.0696. The van der Waals surface area contributed by atoms with Crippen LogP contribution >= 0.6 is 0 Å². The lowest BCUT2D eigenvalue weighted by Crippen LogP contribution is -2.41. The van der Waals surface area contributed by atoms with Crippen LogP contribution in [0.4, 0.5) is 11.5 Å². The second kappa shape index (κ2) is 9.92. The predicted molar refractivity (Wildman–Crippen MR) is 133 cm³/mol. The van der Waals surface area contributed by atoms with Crippen LogP contribution in [0.15, 0.2) is 29.3 Å². The molecule has 2 aliphatic rings. The first-order chi connectivity index (χ1) is 16.1. The number of likely N-dealkylation sites (tertiary alicyclic amines) is 1. The molecule has 2 aliphatic heterocycles. The van der Waals surface area contributed by atoms with Crippen LogP contribution in [0.3, 0.4) is 0 Å². The molecule has 8 nitrogen and oxygen atoms in total. The smallest absolute Gasteiger partial charge is 0.337 e. The van der Waals surface area contributed by atoms with E-state index in [-0.39, 0.29) is 16.1 Å². The van der Waals surface area contributed by atoms with E-state index in [1.165, 1.54) is 25.1 Å². The third-order valence-electron chi connectivity index (χ3n) is 6.97. The summed E-state index contributed by atoms with van der Waals surface area (Å²) >= 11 is 0. The van der Waals surface area contributed by atoms with Gasteiger partial charge in [0.05, 0.1) is 16.1 Å². The number of sulfonamides is 1. The number of aromatic nitrogens is 1. The van der Waals surface area contributed by atoms with Crippen molar-refractivity contribution < 1.29 is 18.3 Å². The largest absolute Gasteiger partial charge is 0.478 e. The number of anilines is 2. The topological polar surface area (TPSA) is 103 Å². The van der Waals surface area contributed by atoms with Crippen molar-refractivity contribution >= 4 is 27.5 Å². The summed E-state index contributed by atoms with van der Waals surface area (Å²) in [5, 5.41) is 9.50. The molecule has 2 N–H and O–H groups in total. The highest BCUT2D eigenvalue weighted by Crippen LogP contribution is 2.32. The van der Waals surface area contributed by atoms with E-state index in [2.05, 4.69) is 19.5 Å². The Kier molecular flexibility index (Phi) is 7.14. The molecule has 3 heterocycles. The molecule has 1 aromatic carbocycles. The van der Waals surface area contributed by atoms with Gasteiger partial charge in [0.25, 0.3) is 10.0 Å². The first kappa shape index (κ1) is 24.5. The van der Waals surface area contributed by atoms with Crippen molar-refractivity contribution in [3.63, 3.8) is 0 Å². The number of nitrogens with zero attached hydrogens (tertiary/aromatic N) is 3. The van der Waals surface area contributed by atoms with Gasteiger partial charge < -0.3 is 14.9 Å². The molecular weight excluding hydrogens is 452 g/mol. The van der Waals surface area contributed by atoms with E-state index >= 15 is 0 Å². The number of rotatable bonds is 7. The molecule has 0 aliphatic carbocycles. The third kappa shape index (κ3) is 5.36. The van der Waals surface area contributed by atoms with E-state index < -0.39 is 16.0 Å². The molecule has 184 valence electrons. The SMILES string of the molecule is Cc1cc(C)c(S(=O)(=O)Nc2cc(C(=O)O)cnc2N2CCCC(CN3CCCC3)C2)cc1C. The fourth-order valence-corrected chi connectivity index (χ4v) is 6.43. The maximum Gasteiger partial charge on any atom is 0.337 e. The minimum atomic E-state index is -3.94. The van der Waals surface area contributed by atoms with Crippen molar-refractivity contribution in [3.05, 3.63) is 46.6 Å². The van der Waals surface area contributed by atoms with Crippen LogP contribution in [-0.2, 0) is 10.0 Å². The zero-order valence-electron chi connectivity index (χ0n) is 20.2. The number of carboxylic acids is 1. The summed E-state index contributed by atoms with van der Waals surface area (Å²) in [6, 6.07) is 4.89. The van der Waals surface area contributed by atoms with Crippen molar-refractivity contribution in [2.24, 2.45) is 5.92 Å². The summed E-state index contributed by atoms with van der Waals surface area (Å²) in [6.07, 6.45) is 5.92. The van der Waals surface area contributed by atoms with Crippen LogP contribution in [0.5, 0.6) is 0 Å². The quantitative estimate of drug-likeness (QED) is 0.613. The van der Waals surface area contributed by atoms with Crippen LogP contribution in [-0.4, -0.2) is 62.1 Å². The highest BCUT2D eigenvalue weighted by Gasteiger charge is 2.28. The Morgan fingerprint density at radius 1 is 1.06 bits per heavy atom. The van der Waals surface area contributed by atoms with Gasteiger partial charge in [-0.25, -0.2) is 18.2 Å². The second-order valence-electron chi connectivity index (χ2n) is 9.67. The zero-order chi connectivity index (χ0) is 24.5. The fraction of sp³-hybridized carbons (Fsp3) is 0.520. The Balaban J connectivity index is 1.64. The monoisotopic (exact) mass is 486 g/mol. The van der Waals surface area contributed by atoms with Crippen LogP contribution in [0, 0.1) is 26.7 Å². The zero-order valence-corrected chi connectivity index (χ0v) is 21.0. The minimum absolute atomic E-state index is 0.0520. The Hall–Kier alpha value is -2.65. The number of nitrogens with one attached hydrogen (secondary N) is 1. The third-order valence-corrected chi connectivity index (χ3v) is 8.48. The molecule has 0 bridgehead atoms. The molecule has 2 aromatic rings. The minimum Gasteiger partial charge on any atom is -0.478 e. The number of hydrogen-bond donors (Lipinski definition) is 2. The molecule has 34 heavy (non-hydrogen) atoms. The maximum absolute atomic E-state index is 13.4. The Bertz CT molecular complexity index is 1180. The lowest BCUT2D eigenvalue weighted by atomic mass is 9.97. The van der Waals surface area contributed by atoms with E-state index in [0.717, 1.165) is 56.7 Å². The summed E-state index contributed by atoms with van der Waals surface area (Å²) in [6.45, 7) is 10.4. The number of aryl methyl sites for hydroxylation is 3. The standard InChI is InChI=1S/C25H34N4O4S/c1-17-11-19(3)23(12-18(17)2)34(32,33)27-22-13-21(25(30)31)14-26-24(22)29-10-6-7-20(16-29)15-28-8-4-5-9-28/h11-14,20,27H,4-10,15-16H2,1-3H3,(H,30,31). The number of piperidine rings is 1. The fourth-order valence-electron chi connectivity index (χ4n) is 5.06. The van der Waals surface area contributed by atoms with Gasteiger partial charge in [-0.2, -0.15) is 0 Å². The van der Waals surface area contributed by atoms with E-state index in [1.807, 2.05) is 19.9 Å². The van der Waals surface area contributed by atoms with Crippen molar-refractivity contribution in [1.82, 2.24) is 9.88 Å². The van der Waals surface area contributed by atoms with E-state index in [1.54, 1.807) is 13.0 Å². The van der Waals surface area contributed by atoms with Gasteiger partial charge in [-0.15, -0.1) is 0 Å². The molecule has 0 radical (unpaired) electrons. The van der Waals surface area contributed by atoms with Crippen LogP contribution < -0.4 is 9.62 Å². The number of carboxylic acid groups (broad SMARTS) is 1. The molecule has 0 amide bonds. The van der Waals surface area contributed by atoms with Gasteiger partial charge in [-0.05, 0) is 94.3 Å². The number of hydrogen-bond acceptors (Lipinski definition) is 6. The number of pyridine rings is 1. The van der Waals surface area contributed by atoms with Crippen LogP contribution in [0.25, 0.3) is 0 Å². The van der Waals surface area contributed by atoms with Crippen LogP contribution in [0.1, 0.15) is 52.7 Å². The highest BCUT2D eigenvalue weighted by molar-refractivity contribution is 7.92. The molecule has 0 saturated carbocycles. The van der Waals surface area contributed by atoms with Gasteiger partial charge in [-0.3, -0.25) is 4.72 Å². The molecule has 1 aromatic heterocycles. The van der Waals surface area contributed by atoms with Gasteiger partial charge in [0.1, 0.15) is 0 Å². The Morgan fingerprint density at radius 3 is 2.47 bits per heavy atom. The first-order valence-electron chi connectivity index (χ1n) is 12.0. The summed E-state index contributed by atoms with van der Waals surface area (Å²) in [4.78, 5) is 20.8. The molecule has 9 heteroatoms. The Morgan fingerprint density at radius 2 is 1.76 bits per heavy atom. The Labute approximate surface area is 202 Å². The van der Waals surface area contributed by atoms with E-state index in [4.69, 9.17) is 0 Å². The molecule has 1 atom stereocenters. The molecule has 1 unspecified atom stereocenters. The second-order valence-corrected chi connectivity index (χ2v) is 11.3. The average molecular weight is 487 g/mol. The lowest BCUT2D eigenvalue weighted by Gasteiger charge is -2.36. The molecular formula is C25H34N4O4S. The molecule has 4 rings (SSSR count). The molecule has 2 saturated heterocycles. The predicted octanol–water partition coefficient (Wildman–Crippen LogP) is 3.82. The van der Waals surface area contributed by atoms with Gasteiger partial charge >= 0.3 is 5.97 Å². The van der Waals surface area contributed by atoms with Crippen molar-refractivity contribution in [2.45, 2.75) is 51.3 Å². The van der Waals surface area contributed by atoms with Gasteiger partial charge in [0.15, 0.2) is 5.82 Å². The number of aromatic carboxylic acids is 1. The van der Waals surface area contributed by atoms with Crippen LogP contribution in [0.2, 0.25) is 0 Å². The van der Waals surface area contributed by atoms with Crippen molar-refractivity contribution in [3.8, 4) is 0 Å². The maximum atomic E-state index is 13.4. The van der Waals surface area contributed by atoms with Gasteiger partial charge in [0, 0.05) is 25.8 Å². The number of carbonyl (C=O) groups is 1. The van der Waals surface area contributed by atoms with Crippen molar-refractivity contribution in [1.29, 1.82) is 0 Å². The summed E-state index contributed by atoms with van der Waals surface area (Å²) in [5.41, 5.74) is 2.69. The van der Waals surface area contributed by atoms with E-state index in [0.29, 0.717) is 17.3 Å². The molecule has 0 spiro atoms. The van der Waals surface area contributed by atoms with E-state index in [9.17, 15) is 18.3 Å².